The summed E-state index contributed by atoms with van der Waals surface area (Å²) >= 11 is 0. The molecular weight excluding hydrogens is 298 g/mol. The number of nitrogens with one attached hydrogen (secondary N) is 2. The third-order valence-corrected chi connectivity index (χ3v) is 4.41. The van der Waals surface area contributed by atoms with Crippen LogP contribution in [-0.2, 0) is 4.79 Å². The lowest BCUT2D eigenvalue weighted by molar-refractivity contribution is -0.913. The van der Waals surface area contributed by atoms with Gasteiger partial charge in [-0.1, -0.05) is 0 Å². The Balaban J connectivity index is 2.08. The molecule has 0 saturated carbocycles. The summed E-state index contributed by atoms with van der Waals surface area (Å²) < 4.78 is 5.16. The van der Waals surface area contributed by atoms with E-state index >= 15 is 0 Å². The SMILES string of the molecule is COc1cc([N+](=O)[O-])ccc1NC(=O)[C@@H](C)[NH+]1CCCCCC1. The summed E-state index contributed by atoms with van der Waals surface area (Å²) in [4.78, 5) is 24.1. The number of quaternary nitrogens is 1. The molecule has 1 saturated heterocycles. The molecule has 1 fully saturated rings. The van der Waals surface area contributed by atoms with Gasteiger partial charge in [-0.3, -0.25) is 14.9 Å². The lowest BCUT2D eigenvalue weighted by Crippen LogP contribution is -3.16. The smallest absolute Gasteiger partial charge is 0.282 e. The van der Waals surface area contributed by atoms with E-state index in [1.54, 1.807) is 0 Å². The van der Waals surface area contributed by atoms with Gasteiger partial charge in [0, 0.05) is 6.07 Å². The van der Waals surface area contributed by atoms with Crippen LogP contribution in [-0.4, -0.2) is 37.1 Å². The summed E-state index contributed by atoms with van der Waals surface area (Å²) in [5, 5.41) is 13.6. The first-order valence-corrected chi connectivity index (χ1v) is 8.01. The largest absolute Gasteiger partial charge is 0.494 e. The van der Waals surface area contributed by atoms with Gasteiger partial charge in [0.05, 0.1) is 36.9 Å². The van der Waals surface area contributed by atoms with Crippen LogP contribution in [0.5, 0.6) is 5.75 Å². The molecule has 2 N–H and O–H groups in total. The van der Waals surface area contributed by atoms with Crippen LogP contribution in [0.3, 0.4) is 0 Å². The van der Waals surface area contributed by atoms with Crippen molar-refractivity contribution in [2.24, 2.45) is 0 Å². The van der Waals surface area contributed by atoms with Crippen molar-refractivity contribution in [3.05, 3.63) is 28.3 Å². The highest BCUT2D eigenvalue weighted by molar-refractivity contribution is 5.95. The predicted molar refractivity (Wildman–Crippen MR) is 86.9 cm³/mol. The zero-order valence-electron chi connectivity index (χ0n) is 13.6. The van der Waals surface area contributed by atoms with E-state index in [4.69, 9.17) is 4.74 Å². The first-order chi connectivity index (χ1) is 11.0. The highest BCUT2D eigenvalue weighted by Crippen LogP contribution is 2.28. The van der Waals surface area contributed by atoms with E-state index < -0.39 is 4.92 Å². The highest BCUT2D eigenvalue weighted by atomic mass is 16.6. The summed E-state index contributed by atoms with van der Waals surface area (Å²) in [5.74, 6) is 0.208. The molecule has 0 aromatic heterocycles. The summed E-state index contributed by atoms with van der Waals surface area (Å²) in [5.41, 5.74) is 0.398. The molecule has 1 aromatic rings. The Labute approximate surface area is 135 Å². The zero-order valence-corrected chi connectivity index (χ0v) is 13.6. The summed E-state index contributed by atoms with van der Waals surface area (Å²) in [6.45, 7) is 3.94. The zero-order chi connectivity index (χ0) is 16.8. The van der Waals surface area contributed by atoms with Gasteiger partial charge < -0.3 is 15.0 Å². The van der Waals surface area contributed by atoms with Crippen LogP contribution >= 0.6 is 0 Å². The molecule has 1 amide bonds. The average molecular weight is 322 g/mol. The van der Waals surface area contributed by atoms with E-state index in [2.05, 4.69) is 5.32 Å². The molecule has 0 spiro atoms. The molecule has 1 atom stereocenters. The normalized spacial score (nSPS) is 17.1. The fourth-order valence-electron chi connectivity index (χ4n) is 2.94. The van der Waals surface area contributed by atoms with Gasteiger partial charge in [-0.25, -0.2) is 0 Å². The number of hydrogen-bond acceptors (Lipinski definition) is 4. The van der Waals surface area contributed by atoms with Crippen molar-refractivity contribution in [3.8, 4) is 5.75 Å². The monoisotopic (exact) mass is 322 g/mol. The van der Waals surface area contributed by atoms with E-state index in [9.17, 15) is 14.9 Å². The van der Waals surface area contributed by atoms with E-state index in [0.29, 0.717) is 11.4 Å². The van der Waals surface area contributed by atoms with Crippen LogP contribution in [0.25, 0.3) is 0 Å². The topological polar surface area (TPSA) is 85.9 Å². The Hall–Kier alpha value is -2.15. The molecule has 2 rings (SSSR count). The molecule has 7 nitrogen and oxygen atoms in total. The second-order valence-electron chi connectivity index (χ2n) is 5.93. The minimum atomic E-state index is -0.488. The number of rotatable bonds is 5. The Morgan fingerprint density at radius 1 is 1.30 bits per heavy atom. The van der Waals surface area contributed by atoms with Crippen LogP contribution in [0, 0.1) is 10.1 Å². The second-order valence-corrected chi connectivity index (χ2v) is 5.93. The number of ether oxygens (including phenoxy) is 1. The van der Waals surface area contributed by atoms with Crippen molar-refractivity contribution in [2.45, 2.75) is 38.6 Å². The van der Waals surface area contributed by atoms with Gasteiger partial charge in [-0.05, 0) is 38.7 Å². The second kappa shape index (κ2) is 7.92. The first-order valence-electron chi connectivity index (χ1n) is 8.01. The molecular formula is C16H24N3O4+. The molecule has 1 heterocycles. The number of carbonyl (C=O) groups is 1. The third kappa shape index (κ3) is 4.41. The number of benzene rings is 1. The minimum absolute atomic E-state index is 0.0639. The molecule has 0 unspecified atom stereocenters. The number of methoxy groups -OCH3 is 1. The number of anilines is 1. The number of non-ortho nitro benzene ring substituents is 1. The van der Waals surface area contributed by atoms with Crippen molar-refractivity contribution in [3.63, 3.8) is 0 Å². The average Bonchev–Trinajstić information content (AvgIpc) is 2.83. The number of carbonyl (C=O) groups excluding carboxylic acids is 1. The van der Waals surface area contributed by atoms with Crippen LogP contribution in [0.1, 0.15) is 32.6 Å². The van der Waals surface area contributed by atoms with Crippen LogP contribution in [0.15, 0.2) is 18.2 Å². The van der Waals surface area contributed by atoms with Crippen LogP contribution < -0.4 is 15.0 Å². The maximum atomic E-state index is 12.5. The number of likely N-dealkylation sites (tertiary alicyclic amines) is 1. The maximum Gasteiger partial charge on any atom is 0.282 e. The maximum absolute atomic E-state index is 12.5. The predicted octanol–water partition coefficient (Wildman–Crippen LogP) is 1.39. The Bertz CT molecular complexity index is 568. The number of amides is 1. The molecule has 0 aliphatic carbocycles. The van der Waals surface area contributed by atoms with Crippen molar-refractivity contribution in [2.75, 3.05) is 25.5 Å². The molecule has 0 bridgehead atoms. The van der Waals surface area contributed by atoms with Crippen molar-refractivity contribution < 1.29 is 19.4 Å². The Kier molecular flexibility index (Phi) is 5.92. The van der Waals surface area contributed by atoms with E-state index in [1.807, 2.05) is 6.92 Å². The van der Waals surface area contributed by atoms with Gasteiger partial charge in [-0.15, -0.1) is 0 Å². The van der Waals surface area contributed by atoms with Crippen molar-refractivity contribution in [1.82, 2.24) is 0 Å². The molecule has 7 heteroatoms. The van der Waals surface area contributed by atoms with Gasteiger partial charge in [0.1, 0.15) is 5.75 Å². The van der Waals surface area contributed by atoms with Gasteiger partial charge >= 0.3 is 0 Å². The molecule has 23 heavy (non-hydrogen) atoms. The molecule has 0 radical (unpaired) electrons. The van der Waals surface area contributed by atoms with Crippen LogP contribution in [0.4, 0.5) is 11.4 Å². The number of nitro benzene ring substituents is 1. The van der Waals surface area contributed by atoms with E-state index in [1.165, 1.54) is 43.1 Å². The number of nitrogens with zero attached hydrogens (tertiary/aromatic N) is 1. The van der Waals surface area contributed by atoms with Crippen molar-refractivity contribution >= 4 is 17.3 Å². The van der Waals surface area contributed by atoms with Crippen molar-refractivity contribution in [1.29, 1.82) is 0 Å². The summed E-state index contributed by atoms with van der Waals surface area (Å²) in [6.07, 6.45) is 4.75. The molecule has 1 aromatic carbocycles. The molecule has 126 valence electrons. The number of hydrogen-bond donors (Lipinski definition) is 2. The summed E-state index contributed by atoms with van der Waals surface area (Å²) in [7, 11) is 1.43. The Morgan fingerprint density at radius 3 is 2.52 bits per heavy atom. The standard InChI is InChI=1S/C16H23N3O4/c1-12(18-9-5-3-4-6-10-18)16(20)17-14-8-7-13(19(21)22)11-15(14)23-2/h7-8,11-12H,3-6,9-10H2,1-2H3,(H,17,20)/p+1/t12-/m1/s1. The highest BCUT2D eigenvalue weighted by Gasteiger charge is 2.26. The first kappa shape index (κ1) is 17.2. The van der Waals surface area contributed by atoms with Crippen LogP contribution in [0.2, 0.25) is 0 Å². The van der Waals surface area contributed by atoms with Gasteiger partial charge in [0.25, 0.3) is 11.6 Å². The fourth-order valence-corrected chi connectivity index (χ4v) is 2.94. The molecule has 1 aliphatic heterocycles. The quantitative estimate of drug-likeness (QED) is 0.633. The van der Waals surface area contributed by atoms with Gasteiger partial charge in [0.15, 0.2) is 6.04 Å². The van der Waals surface area contributed by atoms with E-state index in [-0.39, 0.29) is 17.6 Å². The fraction of sp³-hybridized carbons (Fsp3) is 0.562. The lowest BCUT2D eigenvalue weighted by Gasteiger charge is -2.24. The lowest BCUT2D eigenvalue weighted by atomic mass is 10.2. The van der Waals surface area contributed by atoms with E-state index in [0.717, 1.165) is 25.9 Å². The van der Waals surface area contributed by atoms with Gasteiger partial charge in [-0.2, -0.15) is 0 Å². The molecule has 1 aliphatic rings. The summed E-state index contributed by atoms with van der Waals surface area (Å²) in [6, 6.07) is 4.04. The van der Waals surface area contributed by atoms with Gasteiger partial charge in [0.2, 0.25) is 0 Å². The third-order valence-electron chi connectivity index (χ3n) is 4.41. The number of nitro groups is 1. The minimum Gasteiger partial charge on any atom is -0.494 e. The Morgan fingerprint density at radius 2 is 1.96 bits per heavy atom.